The molecule has 0 bridgehead atoms. The SMILES string of the molecule is Nc1c(C(=O)O)ccc2c(Cl)cccc12. The quantitative estimate of drug-likeness (QED) is 0.728. The van der Waals surface area contributed by atoms with Gasteiger partial charge in [0.2, 0.25) is 0 Å². The third-order valence-corrected chi connectivity index (χ3v) is 2.61. The summed E-state index contributed by atoms with van der Waals surface area (Å²) in [4.78, 5) is 10.8. The van der Waals surface area contributed by atoms with Crippen LogP contribution in [0.15, 0.2) is 30.3 Å². The number of nitrogen functional groups attached to an aromatic ring is 1. The summed E-state index contributed by atoms with van der Waals surface area (Å²) in [7, 11) is 0. The Kier molecular flexibility index (Phi) is 2.25. The average molecular weight is 222 g/mol. The van der Waals surface area contributed by atoms with Crippen molar-refractivity contribution >= 4 is 34.0 Å². The molecule has 4 heteroatoms. The molecule has 2 aromatic rings. The summed E-state index contributed by atoms with van der Waals surface area (Å²) in [6.45, 7) is 0. The van der Waals surface area contributed by atoms with Crippen LogP contribution in [-0.4, -0.2) is 11.1 Å². The zero-order chi connectivity index (χ0) is 11.0. The van der Waals surface area contributed by atoms with Crippen LogP contribution in [0.1, 0.15) is 10.4 Å². The van der Waals surface area contributed by atoms with E-state index in [1.807, 2.05) is 0 Å². The monoisotopic (exact) mass is 221 g/mol. The molecule has 0 aliphatic carbocycles. The van der Waals surface area contributed by atoms with E-state index in [-0.39, 0.29) is 11.3 Å². The molecule has 0 fully saturated rings. The summed E-state index contributed by atoms with van der Waals surface area (Å²) in [6, 6.07) is 8.36. The van der Waals surface area contributed by atoms with Crippen LogP contribution in [0.4, 0.5) is 5.69 Å². The van der Waals surface area contributed by atoms with Gasteiger partial charge in [-0.1, -0.05) is 29.8 Å². The third kappa shape index (κ3) is 1.51. The molecule has 3 nitrogen and oxygen atoms in total. The molecule has 0 atom stereocenters. The highest BCUT2D eigenvalue weighted by atomic mass is 35.5. The highest BCUT2D eigenvalue weighted by molar-refractivity contribution is 6.36. The van der Waals surface area contributed by atoms with Crippen LogP contribution in [0.5, 0.6) is 0 Å². The zero-order valence-electron chi connectivity index (χ0n) is 7.70. The van der Waals surface area contributed by atoms with Gasteiger partial charge in [0, 0.05) is 15.8 Å². The number of carboxylic acid groups (broad SMARTS) is 1. The maximum Gasteiger partial charge on any atom is 0.337 e. The summed E-state index contributed by atoms with van der Waals surface area (Å²) in [5.74, 6) is -1.03. The van der Waals surface area contributed by atoms with Crippen LogP contribution in [0.3, 0.4) is 0 Å². The van der Waals surface area contributed by atoms with E-state index < -0.39 is 5.97 Å². The smallest absolute Gasteiger partial charge is 0.337 e. The Morgan fingerprint density at radius 1 is 1.20 bits per heavy atom. The van der Waals surface area contributed by atoms with Crippen LogP contribution in [0.2, 0.25) is 5.02 Å². The van der Waals surface area contributed by atoms with Crippen LogP contribution in [0, 0.1) is 0 Å². The zero-order valence-corrected chi connectivity index (χ0v) is 8.45. The van der Waals surface area contributed by atoms with Crippen molar-refractivity contribution in [3.63, 3.8) is 0 Å². The highest BCUT2D eigenvalue weighted by Crippen LogP contribution is 2.29. The Morgan fingerprint density at radius 3 is 2.60 bits per heavy atom. The standard InChI is InChI=1S/C11H8ClNO2/c12-9-3-1-2-7-6(9)4-5-8(10(7)13)11(14)15/h1-5H,13H2,(H,14,15). The number of carbonyl (C=O) groups is 1. The Bertz CT molecular complexity index is 552. The molecule has 3 N–H and O–H groups in total. The Labute approximate surface area is 91.1 Å². The number of rotatable bonds is 1. The van der Waals surface area contributed by atoms with Crippen molar-refractivity contribution in [3.05, 3.63) is 40.9 Å². The number of nitrogens with two attached hydrogens (primary N) is 1. The maximum absolute atomic E-state index is 10.8. The highest BCUT2D eigenvalue weighted by Gasteiger charge is 2.11. The fourth-order valence-electron chi connectivity index (χ4n) is 1.53. The topological polar surface area (TPSA) is 63.3 Å². The van der Waals surface area contributed by atoms with Crippen LogP contribution < -0.4 is 5.73 Å². The summed E-state index contributed by atoms with van der Waals surface area (Å²) in [5, 5.41) is 10.9. The van der Waals surface area contributed by atoms with E-state index in [9.17, 15) is 4.79 Å². The second kappa shape index (κ2) is 3.44. The number of halogens is 1. The van der Waals surface area contributed by atoms with Crippen molar-refractivity contribution in [2.24, 2.45) is 0 Å². The number of fused-ring (bicyclic) bond motifs is 1. The molecule has 0 radical (unpaired) electrons. The summed E-state index contributed by atoms with van der Waals surface area (Å²) >= 11 is 5.96. The molecule has 0 aromatic heterocycles. The van der Waals surface area contributed by atoms with E-state index in [4.69, 9.17) is 22.4 Å². The minimum absolute atomic E-state index is 0.102. The fraction of sp³-hybridized carbons (Fsp3) is 0. The van der Waals surface area contributed by atoms with E-state index in [1.165, 1.54) is 6.07 Å². The lowest BCUT2D eigenvalue weighted by Gasteiger charge is -2.06. The second-order valence-corrected chi connectivity index (χ2v) is 3.57. The van der Waals surface area contributed by atoms with Gasteiger partial charge in [0.15, 0.2) is 0 Å². The number of anilines is 1. The predicted molar refractivity (Wildman–Crippen MR) is 60.3 cm³/mol. The van der Waals surface area contributed by atoms with Crippen molar-refractivity contribution < 1.29 is 9.90 Å². The first kappa shape index (κ1) is 9.80. The van der Waals surface area contributed by atoms with Gasteiger partial charge < -0.3 is 10.8 Å². The molecule has 0 saturated heterocycles. The van der Waals surface area contributed by atoms with Gasteiger partial charge in [-0.2, -0.15) is 0 Å². The molecule has 0 heterocycles. The normalized spacial score (nSPS) is 10.5. The van der Waals surface area contributed by atoms with E-state index in [2.05, 4.69) is 0 Å². The van der Waals surface area contributed by atoms with E-state index in [0.717, 1.165) is 5.39 Å². The molecule has 0 aliphatic rings. The number of carboxylic acids is 1. The van der Waals surface area contributed by atoms with E-state index in [1.54, 1.807) is 24.3 Å². The molecule has 76 valence electrons. The van der Waals surface area contributed by atoms with Gasteiger partial charge in [-0.25, -0.2) is 4.79 Å². The van der Waals surface area contributed by atoms with Crippen molar-refractivity contribution in [2.45, 2.75) is 0 Å². The Hall–Kier alpha value is -1.74. The van der Waals surface area contributed by atoms with Gasteiger partial charge in [-0.3, -0.25) is 0 Å². The largest absolute Gasteiger partial charge is 0.478 e. The molecular weight excluding hydrogens is 214 g/mol. The lowest BCUT2D eigenvalue weighted by atomic mass is 10.0. The molecule has 0 spiro atoms. The van der Waals surface area contributed by atoms with Crippen molar-refractivity contribution in [1.29, 1.82) is 0 Å². The minimum atomic E-state index is -1.03. The first-order chi connectivity index (χ1) is 7.11. The maximum atomic E-state index is 10.8. The van der Waals surface area contributed by atoms with Crippen LogP contribution >= 0.6 is 11.6 Å². The van der Waals surface area contributed by atoms with Gasteiger partial charge in [0.1, 0.15) is 0 Å². The lowest BCUT2D eigenvalue weighted by molar-refractivity contribution is 0.0698. The summed E-state index contributed by atoms with van der Waals surface area (Å²) in [6.07, 6.45) is 0. The molecule has 2 aromatic carbocycles. The summed E-state index contributed by atoms with van der Waals surface area (Å²) in [5.41, 5.74) is 6.10. The number of hydrogen-bond acceptors (Lipinski definition) is 2. The van der Waals surface area contributed by atoms with Crippen LogP contribution in [0.25, 0.3) is 10.8 Å². The molecule has 0 unspecified atom stereocenters. The number of aromatic carboxylic acids is 1. The first-order valence-electron chi connectivity index (χ1n) is 4.31. The molecule has 0 amide bonds. The van der Waals surface area contributed by atoms with Gasteiger partial charge in [-0.05, 0) is 12.1 Å². The second-order valence-electron chi connectivity index (χ2n) is 3.17. The van der Waals surface area contributed by atoms with Crippen LogP contribution in [-0.2, 0) is 0 Å². The molecule has 15 heavy (non-hydrogen) atoms. The average Bonchev–Trinajstić information content (AvgIpc) is 2.19. The lowest BCUT2D eigenvalue weighted by Crippen LogP contribution is -2.02. The van der Waals surface area contributed by atoms with Crippen molar-refractivity contribution in [2.75, 3.05) is 5.73 Å². The van der Waals surface area contributed by atoms with Crippen molar-refractivity contribution in [3.8, 4) is 0 Å². The Balaban J connectivity index is 2.86. The number of benzene rings is 2. The molecular formula is C11H8ClNO2. The number of hydrogen-bond donors (Lipinski definition) is 2. The summed E-state index contributed by atoms with van der Waals surface area (Å²) < 4.78 is 0. The molecule has 0 saturated carbocycles. The van der Waals surface area contributed by atoms with Crippen molar-refractivity contribution in [1.82, 2.24) is 0 Å². The van der Waals surface area contributed by atoms with Gasteiger partial charge >= 0.3 is 5.97 Å². The fourth-order valence-corrected chi connectivity index (χ4v) is 1.77. The van der Waals surface area contributed by atoms with Gasteiger partial charge in [0.05, 0.1) is 11.3 Å². The molecule has 0 aliphatic heterocycles. The van der Waals surface area contributed by atoms with E-state index >= 15 is 0 Å². The predicted octanol–water partition coefficient (Wildman–Crippen LogP) is 2.77. The van der Waals surface area contributed by atoms with E-state index in [0.29, 0.717) is 10.4 Å². The molecule has 2 rings (SSSR count). The minimum Gasteiger partial charge on any atom is -0.478 e. The first-order valence-corrected chi connectivity index (χ1v) is 4.69. The Morgan fingerprint density at radius 2 is 1.93 bits per heavy atom. The third-order valence-electron chi connectivity index (χ3n) is 2.28. The van der Waals surface area contributed by atoms with Gasteiger partial charge in [0.25, 0.3) is 0 Å². The van der Waals surface area contributed by atoms with Gasteiger partial charge in [-0.15, -0.1) is 0 Å².